The molecule has 0 aliphatic carbocycles. The molecule has 0 aromatic rings. The first-order chi connectivity index (χ1) is 7.32. The van der Waals surface area contributed by atoms with Crippen LogP contribution in [0.1, 0.15) is 20.8 Å². The number of carbonyl (C=O) groups is 3. The van der Waals surface area contributed by atoms with Gasteiger partial charge in [-0.25, -0.2) is 4.79 Å². The molecule has 1 unspecified atom stereocenters. The summed E-state index contributed by atoms with van der Waals surface area (Å²) in [4.78, 5) is 33.2. The van der Waals surface area contributed by atoms with Crippen LogP contribution in [0.2, 0.25) is 0 Å². The first-order valence-corrected chi connectivity index (χ1v) is 5.28. The summed E-state index contributed by atoms with van der Waals surface area (Å²) in [6.45, 7) is 4.86. The van der Waals surface area contributed by atoms with Crippen molar-refractivity contribution in [1.29, 1.82) is 0 Å². The predicted molar refractivity (Wildman–Crippen MR) is 60.1 cm³/mol. The molecular formula is C9H16ClN3O3. The van der Waals surface area contributed by atoms with Crippen LogP contribution in [0.15, 0.2) is 0 Å². The number of halogens is 1. The summed E-state index contributed by atoms with van der Waals surface area (Å²) >= 11 is 5.43. The summed E-state index contributed by atoms with van der Waals surface area (Å²) in [5, 5.41) is 6.00. The van der Waals surface area contributed by atoms with Crippen LogP contribution in [0.5, 0.6) is 0 Å². The van der Waals surface area contributed by atoms with Crippen molar-refractivity contribution in [2.24, 2.45) is 0 Å². The molecule has 7 heteroatoms. The molecule has 1 atom stereocenters. The maximum absolute atomic E-state index is 11.1. The van der Waals surface area contributed by atoms with Gasteiger partial charge in [-0.3, -0.25) is 14.9 Å². The normalized spacial score (nSPS) is 11.8. The summed E-state index contributed by atoms with van der Waals surface area (Å²) in [6, 6.07) is -0.738. The fraction of sp³-hybridized carbons (Fsp3) is 0.667. The molecule has 16 heavy (non-hydrogen) atoms. The summed E-state index contributed by atoms with van der Waals surface area (Å²) in [6.07, 6.45) is 0. The lowest BCUT2D eigenvalue weighted by molar-refractivity contribution is -0.121. The van der Waals surface area contributed by atoms with E-state index in [0.29, 0.717) is 0 Å². The molecular weight excluding hydrogens is 234 g/mol. The molecule has 0 rings (SSSR count). The number of urea groups is 1. The van der Waals surface area contributed by atoms with Gasteiger partial charge in [0.25, 0.3) is 0 Å². The Kier molecular flexibility index (Phi) is 6.48. The van der Waals surface area contributed by atoms with Crippen molar-refractivity contribution in [3.05, 3.63) is 0 Å². The number of alkyl halides is 1. The first kappa shape index (κ1) is 14.7. The molecule has 92 valence electrons. The van der Waals surface area contributed by atoms with Gasteiger partial charge in [0.2, 0.25) is 11.8 Å². The smallest absolute Gasteiger partial charge is 0.321 e. The lowest BCUT2D eigenvalue weighted by atomic mass is 10.4. The summed E-state index contributed by atoms with van der Waals surface area (Å²) in [5.74, 6) is -0.931. The van der Waals surface area contributed by atoms with Crippen LogP contribution in [-0.2, 0) is 9.59 Å². The van der Waals surface area contributed by atoms with Gasteiger partial charge in [0, 0.05) is 6.04 Å². The van der Waals surface area contributed by atoms with Crippen LogP contribution in [0.3, 0.4) is 0 Å². The van der Waals surface area contributed by atoms with Crippen LogP contribution >= 0.6 is 11.6 Å². The fourth-order valence-corrected chi connectivity index (χ4v) is 0.844. The first-order valence-electron chi connectivity index (χ1n) is 4.85. The second-order valence-corrected chi connectivity index (χ2v) is 4.16. The number of carbonyl (C=O) groups excluding carboxylic acids is 3. The Morgan fingerprint density at radius 2 is 1.75 bits per heavy atom. The van der Waals surface area contributed by atoms with Crippen molar-refractivity contribution in [2.45, 2.75) is 32.2 Å². The zero-order valence-electron chi connectivity index (χ0n) is 9.46. The Hall–Kier alpha value is -1.30. The highest BCUT2D eigenvalue weighted by molar-refractivity contribution is 6.31. The van der Waals surface area contributed by atoms with Crippen LogP contribution in [0.25, 0.3) is 0 Å². The van der Waals surface area contributed by atoms with Crippen molar-refractivity contribution < 1.29 is 14.4 Å². The van der Waals surface area contributed by atoms with Gasteiger partial charge in [-0.15, -0.1) is 11.6 Å². The lowest BCUT2D eigenvalue weighted by Gasteiger charge is -2.10. The van der Waals surface area contributed by atoms with E-state index in [-0.39, 0.29) is 18.5 Å². The van der Waals surface area contributed by atoms with Crippen LogP contribution < -0.4 is 16.0 Å². The van der Waals surface area contributed by atoms with E-state index in [1.54, 1.807) is 13.8 Å². The third-order valence-corrected chi connectivity index (χ3v) is 1.66. The van der Waals surface area contributed by atoms with Crippen LogP contribution in [0.4, 0.5) is 4.79 Å². The monoisotopic (exact) mass is 249 g/mol. The molecule has 0 aliphatic heterocycles. The topological polar surface area (TPSA) is 87.3 Å². The van der Waals surface area contributed by atoms with Crippen molar-refractivity contribution >= 4 is 29.4 Å². The van der Waals surface area contributed by atoms with Gasteiger partial charge in [-0.1, -0.05) is 0 Å². The van der Waals surface area contributed by atoms with Crippen molar-refractivity contribution in [1.82, 2.24) is 16.0 Å². The Bertz CT molecular complexity index is 279. The van der Waals surface area contributed by atoms with Crippen molar-refractivity contribution in [3.8, 4) is 0 Å². The van der Waals surface area contributed by atoms with Gasteiger partial charge < -0.3 is 10.6 Å². The number of hydrogen-bond donors (Lipinski definition) is 3. The molecule has 0 radical (unpaired) electrons. The molecule has 0 aliphatic rings. The molecule has 0 fully saturated rings. The highest BCUT2D eigenvalue weighted by Crippen LogP contribution is 1.91. The zero-order chi connectivity index (χ0) is 12.7. The molecule has 4 amide bonds. The average Bonchev–Trinajstić information content (AvgIpc) is 2.13. The van der Waals surface area contributed by atoms with Gasteiger partial charge in [0.15, 0.2) is 0 Å². The van der Waals surface area contributed by atoms with Crippen molar-refractivity contribution in [3.63, 3.8) is 0 Å². The second-order valence-electron chi connectivity index (χ2n) is 3.51. The molecule has 3 N–H and O–H groups in total. The quantitative estimate of drug-likeness (QED) is 0.611. The molecule has 0 bridgehead atoms. The van der Waals surface area contributed by atoms with Gasteiger partial charge in [0.05, 0.1) is 6.54 Å². The highest BCUT2D eigenvalue weighted by Gasteiger charge is 2.13. The maximum atomic E-state index is 11.1. The highest BCUT2D eigenvalue weighted by atomic mass is 35.5. The van der Waals surface area contributed by atoms with E-state index >= 15 is 0 Å². The lowest BCUT2D eigenvalue weighted by Crippen LogP contribution is -2.46. The van der Waals surface area contributed by atoms with E-state index in [1.807, 2.05) is 5.32 Å². The average molecular weight is 250 g/mol. The van der Waals surface area contributed by atoms with E-state index < -0.39 is 17.3 Å². The minimum atomic E-state index is -0.796. The molecule has 0 aromatic carbocycles. The Morgan fingerprint density at radius 3 is 2.19 bits per heavy atom. The SMILES string of the molecule is CC(C)NC(=O)CNC(=O)NC(=O)C(C)Cl. The number of nitrogens with one attached hydrogen (secondary N) is 3. The fourth-order valence-electron chi connectivity index (χ4n) is 0.789. The standard InChI is InChI=1S/C9H16ClN3O3/c1-5(2)12-7(14)4-11-9(16)13-8(15)6(3)10/h5-6H,4H2,1-3H3,(H,12,14)(H2,11,13,15,16). The Morgan fingerprint density at radius 1 is 1.19 bits per heavy atom. The number of rotatable bonds is 4. The number of amides is 4. The molecule has 0 aromatic heterocycles. The van der Waals surface area contributed by atoms with Crippen LogP contribution in [-0.4, -0.2) is 35.8 Å². The van der Waals surface area contributed by atoms with E-state index in [2.05, 4.69) is 10.6 Å². The zero-order valence-corrected chi connectivity index (χ0v) is 10.2. The summed E-state index contributed by atoms with van der Waals surface area (Å²) in [5.41, 5.74) is 0. The maximum Gasteiger partial charge on any atom is 0.321 e. The van der Waals surface area contributed by atoms with E-state index in [1.165, 1.54) is 6.92 Å². The number of hydrogen-bond acceptors (Lipinski definition) is 3. The molecule has 0 saturated carbocycles. The molecule has 0 heterocycles. The molecule has 0 spiro atoms. The minimum absolute atomic E-state index is 0.00172. The molecule has 6 nitrogen and oxygen atoms in total. The third kappa shape index (κ3) is 7.05. The summed E-state index contributed by atoms with van der Waals surface area (Å²) < 4.78 is 0. The van der Waals surface area contributed by atoms with Gasteiger partial charge in [0.1, 0.15) is 5.38 Å². The van der Waals surface area contributed by atoms with Crippen LogP contribution in [0, 0.1) is 0 Å². The van der Waals surface area contributed by atoms with Gasteiger partial charge in [-0.05, 0) is 20.8 Å². The van der Waals surface area contributed by atoms with Gasteiger partial charge >= 0.3 is 6.03 Å². The third-order valence-electron chi connectivity index (χ3n) is 1.46. The predicted octanol–water partition coefficient (Wildman–Crippen LogP) is -0.0359. The minimum Gasteiger partial charge on any atom is -0.352 e. The second kappa shape index (κ2) is 7.05. The largest absolute Gasteiger partial charge is 0.352 e. The van der Waals surface area contributed by atoms with Crippen molar-refractivity contribution in [2.75, 3.05) is 6.54 Å². The van der Waals surface area contributed by atoms with E-state index in [4.69, 9.17) is 11.6 Å². The molecule has 0 saturated heterocycles. The van der Waals surface area contributed by atoms with E-state index in [0.717, 1.165) is 0 Å². The van der Waals surface area contributed by atoms with E-state index in [9.17, 15) is 14.4 Å². The Labute approximate surface area is 99.1 Å². The Balaban J connectivity index is 3.82. The van der Waals surface area contributed by atoms with Gasteiger partial charge in [-0.2, -0.15) is 0 Å². The summed E-state index contributed by atoms with van der Waals surface area (Å²) in [7, 11) is 0. The number of imide groups is 1.